The molecule has 0 radical (unpaired) electrons. The number of carboxylic acids is 1. The number of halogens is 1. The predicted molar refractivity (Wildman–Crippen MR) is 73.1 cm³/mol. The minimum Gasteiger partial charge on any atom is -0.480 e. The predicted octanol–water partition coefficient (Wildman–Crippen LogP) is 2.16. The molecular weight excluding hydrogens is 285 g/mol. The van der Waals surface area contributed by atoms with Gasteiger partial charge in [0.1, 0.15) is 12.3 Å². The number of hydrogen-bond acceptors (Lipinski definition) is 3. The molecule has 116 valence electrons. The van der Waals surface area contributed by atoms with Crippen molar-refractivity contribution in [2.24, 2.45) is 0 Å². The largest absolute Gasteiger partial charge is 0.480 e. The molecule has 0 saturated carbocycles. The third-order valence-electron chi connectivity index (χ3n) is 4.11. The standard InChI is InChI=1S/C12H22FNO5Si/c1-12(2,3)20(4,5)19-9-7(13)6-14(11(17)18)8(9)10(15)16/h7-9H,6H2,1-5H3,(H,15,16)(H,17,18)/t7-,8-,9+/m0/s1. The first kappa shape index (κ1) is 16.9. The normalized spacial score (nSPS) is 27.7. The Bertz CT molecular complexity index is 409. The van der Waals surface area contributed by atoms with Crippen LogP contribution in [-0.2, 0) is 9.22 Å². The fraction of sp³-hybridized carbons (Fsp3) is 0.833. The van der Waals surface area contributed by atoms with Gasteiger partial charge in [0.05, 0.1) is 6.54 Å². The van der Waals surface area contributed by atoms with Crippen molar-refractivity contribution in [1.29, 1.82) is 0 Å². The second kappa shape index (κ2) is 5.32. The lowest BCUT2D eigenvalue weighted by molar-refractivity contribution is -0.144. The van der Waals surface area contributed by atoms with E-state index in [9.17, 15) is 19.1 Å². The van der Waals surface area contributed by atoms with E-state index in [0.717, 1.165) is 0 Å². The van der Waals surface area contributed by atoms with Gasteiger partial charge in [0, 0.05) is 0 Å². The molecule has 20 heavy (non-hydrogen) atoms. The summed E-state index contributed by atoms with van der Waals surface area (Å²) in [4.78, 5) is 22.9. The summed E-state index contributed by atoms with van der Waals surface area (Å²) < 4.78 is 19.9. The highest BCUT2D eigenvalue weighted by Gasteiger charge is 2.53. The maximum atomic E-state index is 14.1. The second-order valence-corrected chi connectivity index (χ2v) is 11.3. The number of aliphatic carboxylic acids is 1. The molecule has 0 spiro atoms. The van der Waals surface area contributed by atoms with Crippen LogP contribution >= 0.6 is 0 Å². The summed E-state index contributed by atoms with van der Waals surface area (Å²) in [6.45, 7) is 9.14. The second-order valence-electron chi connectivity index (χ2n) is 6.58. The zero-order valence-corrected chi connectivity index (χ0v) is 13.4. The van der Waals surface area contributed by atoms with Gasteiger partial charge in [-0.1, -0.05) is 20.8 Å². The van der Waals surface area contributed by atoms with Gasteiger partial charge >= 0.3 is 12.1 Å². The van der Waals surface area contributed by atoms with Crippen molar-refractivity contribution in [2.75, 3.05) is 6.54 Å². The Morgan fingerprint density at radius 1 is 1.30 bits per heavy atom. The molecule has 1 saturated heterocycles. The van der Waals surface area contributed by atoms with Gasteiger partial charge in [-0.25, -0.2) is 14.0 Å². The van der Waals surface area contributed by atoms with Gasteiger partial charge in [-0.2, -0.15) is 0 Å². The van der Waals surface area contributed by atoms with Gasteiger partial charge in [-0.3, -0.25) is 4.90 Å². The summed E-state index contributed by atoms with van der Waals surface area (Å²) in [5.41, 5.74) is 0. The number of carbonyl (C=O) groups is 2. The van der Waals surface area contributed by atoms with E-state index in [1.807, 2.05) is 33.9 Å². The number of hydrogen-bond donors (Lipinski definition) is 2. The average Bonchev–Trinajstić information content (AvgIpc) is 2.54. The smallest absolute Gasteiger partial charge is 0.408 e. The number of likely N-dealkylation sites (tertiary alicyclic amines) is 1. The first-order chi connectivity index (χ1) is 8.88. The molecule has 1 fully saturated rings. The summed E-state index contributed by atoms with van der Waals surface area (Å²) in [6, 6.07) is -1.49. The van der Waals surface area contributed by atoms with Gasteiger partial charge in [-0.05, 0) is 18.1 Å². The molecule has 0 aromatic rings. The molecule has 2 N–H and O–H groups in total. The number of carboxylic acid groups (broad SMARTS) is 2. The SMILES string of the molecule is CC(C)(C)[Si](C)(C)O[C@H]1[C@@H](C(=O)O)N(C(=O)O)C[C@@H]1F. The molecule has 1 aliphatic heterocycles. The van der Waals surface area contributed by atoms with Crippen molar-refractivity contribution >= 4 is 20.4 Å². The van der Waals surface area contributed by atoms with E-state index in [1.54, 1.807) is 0 Å². The van der Waals surface area contributed by atoms with Crippen molar-refractivity contribution in [1.82, 2.24) is 4.90 Å². The molecule has 0 unspecified atom stereocenters. The molecule has 6 nitrogen and oxygen atoms in total. The quantitative estimate of drug-likeness (QED) is 0.780. The molecule has 0 aromatic heterocycles. The Labute approximate surface area is 118 Å². The minimum atomic E-state index is -2.39. The third-order valence-corrected chi connectivity index (χ3v) is 8.58. The van der Waals surface area contributed by atoms with Crippen LogP contribution in [0.1, 0.15) is 20.8 Å². The molecule has 0 bridgehead atoms. The maximum Gasteiger partial charge on any atom is 0.408 e. The Hall–Kier alpha value is -1.15. The molecule has 1 rings (SSSR count). The fourth-order valence-electron chi connectivity index (χ4n) is 1.91. The van der Waals surface area contributed by atoms with Gasteiger partial charge < -0.3 is 14.6 Å². The van der Waals surface area contributed by atoms with Gasteiger partial charge in [0.15, 0.2) is 14.4 Å². The fourth-order valence-corrected chi connectivity index (χ4v) is 3.22. The van der Waals surface area contributed by atoms with Gasteiger partial charge in [-0.15, -0.1) is 0 Å². The molecule has 8 heteroatoms. The first-order valence-corrected chi connectivity index (χ1v) is 9.33. The summed E-state index contributed by atoms with van der Waals surface area (Å²) in [5, 5.41) is 17.9. The Morgan fingerprint density at radius 3 is 2.15 bits per heavy atom. The first-order valence-electron chi connectivity index (χ1n) is 6.43. The highest BCUT2D eigenvalue weighted by Crippen LogP contribution is 2.39. The van der Waals surface area contributed by atoms with Crippen LogP contribution in [-0.4, -0.2) is 60.4 Å². The Morgan fingerprint density at radius 2 is 1.80 bits per heavy atom. The lowest BCUT2D eigenvalue weighted by Gasteiger charge is -2.39. The molecule has 1 aliphatic rings. The molecule has 1 amide bonds. The minimum absolute atomic E-state index is 0.216. The molecule has 0 aromatic carbocycles. The highest BCUT2D eigenvalue weighted by atomic mass is 28.4. The number of nitrogens with zero attached hydrogens (tertiary/aromatic N) is 1. The monoisotopic (exact) mass is 307 g/mol. The van der Waals surface area contributed by atoms with Crippen molar-refractivity contribution in [2.45, 2.75) is 57.2 Å². The van der Waals surface area contributed by atoms with Gasteiger partial charge in [0.2, 0.25) is 0 Å². The van der Waals surface area contributed by atoms with Crippen molar-refractivity contribution in [3.63, 3.8) is 0 Å². The number of alkyl halides is 1. The van der Waals surface area contributed by atoms with Crippen molar-refractivity contribution in [3.8, 4) is 0 Å². The lowest BCUT2D eigenvalue weighted by atomic mass is 10.1. The van der Waals surface area contributed by atoms with Crippen LogP contribution in [0, 0.1) is 0 Å². The molecule has 3 atom stereocenters. The van der Waals surface area contributed by atoms with Crippen LogP contribution in [0.5, 0.6) is 0 Å². The molecule has 1 heterocycles. The van der Waals surface area contributed by atoms with Crippen LogP contribution in [0.4, 0.5) is 9.18 Å². The van der Waals surface area contributed by atoms with Crippen LogP contribution in [0.2, 0.25) is 18.1 Å². The van der Waals surface area contributed by atoms with E-state index >= 15 is 0 Å². The summed E-state index contributed by atoms with van der Waals surface area (Å²) >= 11 is 0. The van der Waals surface area contributed by atoms with E-state index in [2.05, 4.69) is 0 Å². The third kappa shape index (κ3) is 3.12. The summed E-state index contributed by atoms with van der Waals surface area (Å²) in [6.07, 6.45) is -4.31. The Kier molecular flexibility index (Phi) is 4.50. The Balaban J connectivity index is 3.03. The van der Waals surface area contributed by atoms with E-state index < -0.39 is 45.2 Å². The van der Waals surface area contributed by atoms with Crippen LogP contribution in [0.15, 0.2) is 0 Å². The van der Waals surface area contributed by atoms with Crippen molar-refractivity contribution in [3.05, 3.63) is 0 Å². The van der Waals surface area contributed by atoms with E-state index in [1.165, 1.54) is 0 Å². The number of rotatable bonds is 3. The molecular formula is C12H22FNO5Si. The molecule has 0 aliphatic carbocycles. The van der Waals surface area contributed by atoms with Crippen LogP contribution in [0.25, 0.3) is 0 Å². The number of amides is 1. The van der Waals surface area contributed by atoms with E-state index in [4.69, 9.17) is 9.53 Å². The lowest BCUT2D eigenvalue weighted by Crippen LogP contribution is -2.52. The maximum absolute atomic E-state index is 14.1. The van der Waals surface area contributed by atoms with Crippen LogP contribution in [0.3, 0.4) is 0 Å². The van der Waals surface area contributed by atoms with Crippen LogP contribution < -0.4 is 0 Å². The summed E-state index contributed by atoms with van der Waals surface area (Å²) in [7, 11) is -2.39. The van der Waals surface area contributed by atoms with Gasteiger partial charge in [0.25, 0.3) is 0 Å². The highest BCUT2D eigenvalue weighted by molar-refractivity contribution is 6.74. The zero-order chi connectivity index (χ0) is 15.9. The van der Waals surface area contributed by atoms with E-state index in [0.29, 0.717) is 4.90 Å². The van der Waals surface area contributed by atoms with E-state index in [-0.39, 0.29) is 5.04 Å². The summed E-state index contributed by atoms with van der Waals surface area (Å²) in [5.74, 6) is -1.38. The average molecular weight is 307 g/mol. The topological polar surface area (TPSA) is 87.1 Å². The zero-order valence-electron chi connectivity index (χ0n) is 12.4. The van der Waals surface area contributed by atoms with Crippen molar-refractivity contribution < 1.29 is 28.6 Å².